The molecule has 1 aliphatic heterocycles. The minimum absolute atomic E-state index is 0.242. The number of nitrogens with one attached hydrogen (secondary N) is 1. The van der Waals surface area contributed by atoms with Gasteiger partial charge in [-0.1, -0.05) is 41.9 Å². The number of anilines is 1. The van der Waals surface area contributed by atoms with E-state index in [-0.39, 0.29) is 11.6 Å². The van der Waals surface area contributed by atoms with Crippen LogP contribution in [0.15, 0.2) is 60.3 Å². The van der Waals surface area contributed by atoms with E-state index in [2.05, 4.69) is 5.32 Å². The molecule has 4 nitrogen and oxygen atoms in total. The lowest BCUT2D eigenvalue weighted by Gasteiger charge is -2.10. The van der Waals surface area contributed by atoms with E-state index < -0.39 is 6.03 Å². The second-order valence-corrected chi connectivity index (χ2v) is 4.95. The molecule has 0 bridgehead atoms. The van der Waals surface area contributed by atoms with Crippen LogP contribution in [0.5, 0.6) is 0 Å². The van der Waals surface area contributed by atoms with Crippen molar-refractivity contribution in [1.29, 1.82) is 0 Å². The zero-order valence-electron chi connectivity index (χ0n) is 10.9. The number of imide groups is 1. The van der Waals surface area contributed by atoms with Crippen LogP contribution in [0, 0.1) is 0 Å². The molecule has 3 rings (SSSR count). The molecule has 2 aromatic rings. The number of amides is 3. The molecular weight excluding hydrogens is 288 g/mol. The molecule has 0 radical (unpaired) electrons. The SMILES string of the molecule is O=C1N/C(=C\c2ccc(Cl)cc2)C(=O)N1c1ccccc1. The van der Waals surface area contributed by atoms with Gasteiger partial charge in [-0.25, -0.2) is 9.69 Å². The average Bonchev–Trinajstić information content (AvgIpc) is 2.77. The Morgan fingerprint density at radius 3 is 2.29 bits per heavy atom. The minimum atomic E-state index is -0.452. The van der Waals surface area contributed by atoms with E-state index in [0.29, 0.717) is 10.7 Å². The number of carbonyl (C=O) groups excluding carboxylic acids is 2. The number of hydrogen-bond acceptors (Lipinski definition) is 2. The first kappa shape index (κ1) is 13.4. The fraction of sp³-hybridized carbons (Fsp3) is 0. The number of halogens is 1. The van der Waals surface area contributed by atoms with E-state index in [4.69, 9.17) is 11.6 Å². The Morgan fingerprint density at radius 2 is 1.62 bits per heavy atom. The van der Waals surface area contributed by atoms with Gasteiger partial charge in [0.15, 0.2) is 0 Å². The van der Waals surface area contributed by atoms with Gasteiger partial charge in [0.1, 0.15) is 5.70 Å². The maximum atomic E-state index is 12.3. The molecule has 1 heterocycles. The smallest absolute Gasteiger partial charge is 0.302 e. The van der Waals surface area contributed by atoms with Gasteiger partial charge in [-0.15, -0.1) is 0 Å². The molecule has 5 heteroatoms. The lowest BCUT2D eigenvalue weighted by molar-refractivity contribution is -0.113. The fourth-order valence-corrected chi connectivity index (χ4v) is 2.20. The van der Waals surface area contributed by atoms with Crippen molar-refractivity contribution < 1.29 is 9.59 Å². The molecule has 1 saturated heterocycles. The number of nitrogens with zero attached hydrogens (tertiary/aromatic N) is 1. The second kappa shape index (κ2) is 5.42. The first-order chi connectivity index (χ1) is 10.1. The van der Waals surface area contributed by atoms with Crippen molar-refractivity contribution in [2.45, 2.75) is 0 Å². The molecule has 1 N–H and O–H groups in total. The molecule has 0 saturated carbocycles. The predicted octanol–water partition coefficient (Wildman–Crippen LogP) is 3.44. The van der Waals surface area contributed by atoms with E-state index in [1.807, 2.05) is 6.07 Å². The molecule has 104 valence electrons. The molecular formula is C16H11ClN2O2. The second-order valence-electron chi connectivity index (χ2n) is 4.52. The Balaban J connectivity index is 1.92. The lowest BCUT2D eigenvalue weighted by Crippen LogP contribution is -2.30. The summed E-state index contributed by atoms with van der Waals surface area (Å²) in [6, 6.07) is 15.4. The van der Waals surface area contributed by atoms with Crippen molar-refractivity contribution in [1.82, 2.24) is 5.32 Å². The highest BCUT2D eigenvalue weighted by Crippen LogP contribution is 2.22. The summed E-state index contributed by atoms with van der Waals surface area (Å²) < 4.78 is 0. The number of urea groups is 1. The third-order valence-electron chi connectivity index (χ3n) is 3.07. The van der Waals surface area contributed by atoms with Gasteiger partial charge in [0.05, 0.1) is 5.69 Å². The molecule has 0 unspecified atom stereocenters. The van der Waals surface area contributed by atoms with Gasteiger partial charge in [-0.05, 0) is 35.9 Å². The Bertz CT molecular complexity index is 724. The van der Waals surface area contributed by atoms with Crippen molar-refractivity contribution in [3.63, 3.8) is 0 Å². The highest BCUT2D eigenvalue weighted by molar-refractivity contribution is 6.30. The Kier molecular flexibility index (Phi) is 3.46. The molecule has 1 fully saturated rings. The summed E-state index contributed by atoms with van der Waals surface area (Å²) in [5.41, 5.74) is 1.57. The number of carbonyl (C=O) groups is 2. The van der Waals surface area contributed by atoms with Crippen molar-refractivity contribution >= 4 is 35.3 Å². The number of rotatable bonds is 2. The maximum absolute atomic E-state index is 12.3. The van der Waals surface area contributed by atoms with Crippen molar-refractivity contribution in [2.75, 3.05) is 4.90 Å². The highest BCUT2D eigenvalue weighted by atomic mass is 35.5. The van der Waals surface area contributed by atoms with Gasteiger partial charge >= 0.3 is 6.03 Å². The van der Waals surface area contributed by atoms with Crippen molar-refractivity contribution in [3.8, 4) is 0 Å². The topological polar surface area (TPSA) is 49.4 Å². The highest BCUT2D eigenvalue weighted by Gasteiger charge is 2.34. The van der Waals surface area contributed by atoms with Crippen LogP contribution >= 0.6 is 11.6 Å². The van der Waals surface area contributed by atoms with Gasteiger partial charge in [-0.2, -0.15) is 0 Å². The fourth-order valence-electron chi connectivity index (χ4n) is 2.07. The summed E-state index contributed by atoms with van der Waals surface area (Å²) >= 11 is 5.82. The monoisotopic (exact) mass is 298 g/mol. The Labute approximate surface area is 126 Å². The summed E-state index contributed by atoms with van der Waals surface area (Å²) in [7, 11) is 0. The molecule has 0 aromatic heterocycles. The van der Waals surface area contributed by atoms with Crippen LogP contribution in [0.3, 0.4) is 0 Å². The number of benzene rings is 2. The lowest BCUT2D eigenvalue weighted by atomic mass is 10.2. The summed E-state index contributed by atoms with van der Waals surface area (Å²) in [6.45, 7) is 0. The van der Waals surface area contributed by atoms with Crippen LogP contribution in [-0.2, 0) is 4.79 Å². The van der Waals surface area contributed by atoms with Crippen LogP contribution in [0.1, 0.15) is 5.56 Å². The Morgan fingerprint density at radius 1 is 0.952 bits per heavy atom. The maximum Gasteiger partial charge on any atom is 0.333 e. The van der Waals surface area contributed by atoms with E-state index >= 15 is 0 Å². The number of hydrogen-bond donors (Lipinski definition) is 1. The molecule has 2 aromatic carbocycles. The van der Waals surface area contributed by atoms with Crippen LogP contribution in [0.2, 0.25) is 5.02 Å². The van der Waals surface area contributed by atoms with E-state index in [1.54, 1.807) is 54.6 Å². The van der Waals surface area contributed by atoms with Gasteiger partial charge in [0.2, 0.25) is 0 Å². The molecule has 0 atom stereocenters. The van der Waals surface area contributed by atoms with Crippen LogP contribution in [-0.4, -0.2) is 11.9 Å². The summed E-state index contributed by atoms with van der Waals surface area (Å²) in [5.74, 6) is -0.374. The minimum Gasteiger partial charge on any atom is -0.302 e. The summed E-state index contributed by atoms with van der Waals surface area (Å²) in [5, 5.41) is 3.20. The van der Waals surface area contributed by atoms with E-state index in [1.165, 1.54) is 0 Å². The quantitative estimate of drug-likeness (QED) is 0.682. The molecule has 3 amide bonds. The Hall–Kier alpha value is -2.59. The van der Waals surface area contributed by atoms with Gasteiger partial charge < -0.3 is 5.32 Å². The van der Waals surface area contributed by atoms with Gasteiger partial charge in [0, 0.05) is 5.02 Å². The van der Waals surface area contributed by atoms with Gasteiger partial charge in [0.25, 0.3) is 5.91 Å². The van der Waals surface area contributed by atoms with Crippen LogP contribution in [0.25, 0.3) is 6.08 Å². The van der Waals surface area contributed by atoms with Crippen LogP contribution in [0.4, 0.5) is 10.5 Å². The first-order valence-corrected chi connectivity index (χ1v) is 6.71. The zero-order valence-corrected chi connectivity index (χ0v) is 11.7. The standard InChI is InChI=1S/C16H11ClN2O2/c17-12-8-6-11(7-9-12)10-14-15(20)19(16(21)18-14)13-4-2-1-3-5-13/h1-10H,(H,18,21)/b14-10-. The van der Waals surface area contributed by atoms with Crippen molar-refractivity contribution in [3.05, 3.63) is 70.9 Å². The predicted molar refractivity (Wildman–Crippen MR) is 81.9 cm³/mol. The first-order valence-electron chi connectivity index (χ1n) is 6.33. The zero-order chi connectivity index (χ0) is 14.8. The molecule has 0 aliphatic carbocycles. The molecule has 21 heavy (non-hydrogen) atoms. The van der Waals surface area contributed by atoms with E-state index in [9.17, 15) is 9.59 Å². The van der Waals surface area contributed by atoms with Crippen LogP contribution < -0.4 is 10.2 Å². The normalized spacial score (nSPS) is 16.4. The summed E-state index contributed by atoms with van der Waals surface area (Å²) in [4.78, 5) is 25.4. The average molecular weight is 299 g/mol. The van der Waals surface area contributed by atoms with Gasteiger partial charge in [-0.3, -0.25) is 4.79 Å². The van der Waals surface area contributed by atoms with Crippen molar-refractivity contribution in [2.24, 2.45) is 0 Å². The van der Waals surface area contributed by atoms with E-state index in [0.717, 1.165) is 10.5 Å². The third kappa shape index (κ3) is 2.66. The number of para-hydroxylation sites is 1. The third-order valence-corrected chi connectivity index (χ3v) is 3.33. The molecule has 0 spiro atoms. The summed E-state index contributed by atoms with van der Waals surface area (Å²) in [6.07, 6.45) is 1.62. The molecule has 1 aliphatic rings. The largest absolute Gasteiger partial charge is 0.333 e.